The van der Waals surface area contributed by atoms with Crippen molar-refractivity contribution < 1.29 is 14.3 Å². The molecule has 7 heteroatoms. The summed E-state index contributed by atoms with van der Waals surface area (Å²) >= 11 is 0. The first kappa shape index (κ1) is 23.4. The van der Waals surface area contributed by atoms with Crippen LogP contribution in [0.2, 0.25) is 0 Å². The highest BCUT2D eigenvalue weighted by Gasteiger charge is 2.35. The van der Waals surface area contributed by atoms with E-state index >= 15 is 0 Å². The molecule has 5 rings (SSSR count). The zero-order valence-corrected chi connectivity index (χ0v) is 20.7. The highest BCUT2D eigenvalue weighted by Crippen LogP contribution is 2.34. The number of rotatable bonds is 7. The van der Waals surface area contributed by atoms with Gasteiger partial charge in [-0.25, -0.2) is 4.98 Å². The zero-order valence-electron chi connectivity index (χ0n) is 20.7. The van der Waals surface area contributed by atoms with E-state index in [2.05, 4.69) is 0 Å². The molecule has 0 bridgehead atoms. The maximum Gasteiger partial charge on any atom is 0.242 e. The van der Waals surface area contributed by atoms with Crippen LogP contribution in [0.25, 0.3) is 11.0 Å². The molecule has 2 amide bonds. The lowest BCUT2D eigenvalue weighted by Crippen LogP contribution is -2.40. The number of ether oxygens (including phenoxy) is 1. The van der Waals surface area contributed by atoms with Gasteiger partial charge in [-0.2, -0.15) is 0 Å². The number of fused-ring (bicyclic) bond motifs is 1. The van der Waals surface area contributed by atoms with Gasteiger partial charge < -0.3 is 19.1 Å². The number of carbonyl (C=O) groups excluding carboxylic acids is 2. The number of aromatic nitrogens is 2. The van der Waals surface area contributed by atoms with E-state index in [4.69, 9.17) is 9.72 Å². The SMILES string of the molecule is CCOc1ccc(N2CC(c3nc4ccccc4n3CC(=O)N(C)C3CCCCC3)CC2=O)cc1. The van der Waals surface area contributed by atoms with Crippen LogP contribution in [0.5, 0.6) is 5.75 Å². The fourth-order valence-corrected chi connectivity index (χ4v) is 5.51. The summed E-state index contributed by atoms with van der Waals surface area (Å²) in [5.74, 6) is 1.71. The number of para-hydroxylation sites is 2. The Morgan fingerprint density at radius 2 is 1.83 bits per heavy atom. The van der Waals surface area contributed by atoms with Crippen LogP contribution in [0.4, 0.5) is 5.69 Å². The number of hydrogen-bond acceptors (Lipinski definition) is 4. The first-order valence-corrected chi connectivity index (χ1v) is 12.8. The van der Waals surface area contributed by atoms with Crippen molar-refractivity contribution in [2.75, 3.05) is 25.1 Å². The van der Waals surface area contributed by atoms with E-state index in [9.17, 15) is 9.59 Å². The molecule has 1 aliphatic carbocycles. The van der Waals surface area contributed by atoms with Gasteiger partial charge in [0, 0.05) is 37.7 Å². The second kappa shape index (κ2) is 10.1. The second-order valence-electron chi connectivity index (χ2n) is 9.67. The molecule has 1 saturated carbocycles. The van der Waals surface area contributed by atoms with Crippen molar-refractivity contribution >= 4 is 28.5 Å². The number of benzene rings is 2. The molecule has 1 saturated heterocycles. The molecule has 2 fully saturated rings. The molecular formula is C28H34N4O3. The molecule has 0 spiro atoms. The maximum atomic E-state index is 13.3. The predicted molar refractivity (Wildman–Crippen MR) is 137 cm³/mol. The van der Waals surface area contributed by atoms with Crippen LogP contribution in [0.1, 0.15) is 57.2 Å². The van der Waals surface area contributed by atoms with Crippen molar-refractivity contribution in [1.82, 2.24) is 14.5 Å². The summed E-state index contributed by atoms with van der Waals surface area (Å²) in [6.45, 7) is 3.35. The van der Waals surface area contributed by atoms with Gasteiger partial charge in [0.25, 0.3) is 0 Å². The first-order valence-electron chi connectivity index (χ1n) is 12.8. The van der Waals surface area contributed by atoms with E-state index in [-0.39, 0.29) is 24.3 Å². The lowest BCUT2D eigenvalue weighted by molar-refractivity contribution is -0.133. The molecule has 0 radical (unpaired) electrons. The number of likely N-dealkylation sites (N-methyl/N-ethyl adjacent to an activating group) is 1. The van der Waals surface area contributed by atoms with Gasteiger partial charge in [-0.3, -0.25) is 9.59 Å². The lowest BCUT2D eigenvalue weighted by atomic mass is 9.94. The molecule has 1 aromatic heterocycles. The Bertz CT molecular complexity index is 1200. The third-order valence-electron chi connectivity index (χ3n) is 7.44. The fourth-order valence-electron chi connectivity index (χ4n) is 5.51. The van der Waals surface area contributed by atoms with Crippen molar-refractivity contribution in [3.63, 3.8) is 0 Å². The third-order valence-corrected chi connectivity index (χ3v) is 7.44. The fraction of sp³-hybridized carbons (Fsp3) is 0.464. The summed E-state index contributed by atoms with van der Waals surface area (Å²) in [5, 5.41) is 0. The monoisotopic (exact) mass is 474 g/mol. The van der Waals surface area contributed by atoms with E-state index in [1.54, 1.807) is 0 Å². The quantitative estimate of drug-likeness (QED) is 0.496. The number of amides is 2. The summed E-state index contributed by atoms with van der Waals surface area (Å²) in [5.41, 5.74) is 2.67. The Hall–Kier alpha value is -3.35. The highest BCUT2D eigenvalue weighted by molar-refractivity contribution is 5.96. The summed E-state index contributed by atoms with van der Waals surface area (Å²) in [7, 11) is 1.93. The van der Waals surface area contributed by atoms with Gasteiger partial charge in [0.1, 0.15) is 18.1 Å². The maximum absolute atomic E-state index is 13.3. The van der Waals surface area contributed by atoms with Crippen LogP contribution in [-0.2, 0) is 16.1 Å². The van der Waals surface area contributed by atoms with Crippen molar-refractivity contribution in [2.24, 2.45) is 0 Å². The van der Waals surface area contributed by atoms with E-state index in [0.717, 1.165) is 41.1 Å². The Morgan fingerprint density at radius 1 is 1.09 bits per heavy atom. The minimum absolute atomic E-state index is 0.0726. The van der Waals surface area contributed by atoms with Crippen molar-refractivity contribution in [3.8, 4) is 5.75 Å². The van der Waals surface area contributed by atoms with Gasteiger partial charge in [0.05, 0.1) is 17.6 Å². The molecule has 1 aliphatic heterocycles. The molecule has 1 atom stereocenters. The smallest absolute Gasteiger partial charge is 0.242 e. The molecule has 0 N–H and O–H groups in total. The third kappa shape index (κ3) is 4.77. The average molecular weight is 475 g/mol. The first-order chi connectivity index (χ1) is 17.0. The summed E-state index contributed by atoms with van der Waals surface area (Å²) in [4.78, 5) is 35.0. The minimum Gasteiger partial charge on any atom is -0.494 e. The van der Waals surface area contributed by atoms with E-state index in [0.29, 0.717) is 25.6 Å². The number of anilines is 1. The molecule has 35 heavy (non-hydrogen) atoms. The lowest BCUT2D eigenvalue weighted by Gasteiger charge is -2.31. The van der Waals surface area contributed by atoms with Gasteiger partial charge in [0.2, 0.25) is 11.8 Å². The molecule has 184 valence electrons. The van der Waals surface area contributed by atoms with Crippen molar-refractivity contribution in [1.29, 1.82) is 0 Å². The molecule has 2 aromatic carbocycles. The van der Waals surface area contributed by atoms with Crippen LogP contribution in [0, 0.1) is 0 Å². The number of carbonyl (C=O) groups is 2. The molecule has 1 unspecified atom stereocenters. The Labute approximate surface area is 206 Å². The Morgan fingerprint density at radius 3 is 2.57 bits per heavy atom. The van der Waals surface area contributed by atoms with Crippen LogP contribution < -0.4 is 9.64 Å². The van der Waals surface area contributed by atoms with Crippen LogP contribution in [0.3, 0.4) is 0 Å². The normalized spacial score (nSPS) is 18.9. The van der Waals surface area contributed by atoms with Crippen LogP contribution in [0.15, 0.2) is 48.5 Å². The second-order valence-corrected chi connectivity index (χ2v) is 9.67. The molecule has 2 heterocycles. The zero-order chi connectivity index (χ0) is 24.4. The molecule has 2 aliphatic rings. The highest BCUT2D eigenvalue weighted by atomic mass is 16.5. The summed E-state index contributed by atoms with van der Waals surface area (Å²) in [6, 6.07) is 15.9. The minimum atomic E-state index is -0.0748. The summed E-state index contributed by atoms with van der Waals surface area (Å²) in [6.07, 6.45) is 6.17. The van der Waals surface area contributed by atoms with E-state index in [1.165, 1.54) is 19.3 Å². The Kier molecular flexibility index (Phi) is 6.75. The van der Waals surface area contributed by atoms with E-state index in [1.807, 2.05) is 76.9 Å². The van der Waals surface area contributed by atoms with Gasteiger partial charge in [-0.1, -0.05) is 31.4 Å². The molecule has 3 aromatic rings. The number of imidazole rings is 1. The molecule has 7 nitrogen and oxygen atoms in total. The average Bonchev–Trinajstić information content (AvgIpc) is 3.45. The van der Waals surface area contributed by atoms with Gasteiger partial charge in [-0.15, -0.1) is 0 Å². The largest absolute Gasteiger partial charge is 0.494 e. The van der Waals surface area contributed by atoms with Gasteiger partial charge in [0.15, 0.2) is 0 Å². The topological polar surface area (TPSA) is 67.7 Å². The molecular weight excluding hydrogens is 440 g/mol. The van der Waals surface area contributed by atoms with E-state index < -0.39 is 0 Å². The summed E-state index contributed by atoms with van der Waals surface area (Å²) < 4.78 is 7.58. The van der Waals surface area contributed by atoms with Crippen LogP contribution >= 0.6 is 0 Å². The van der Waals surface area contributed by atoms with Gasteiger partial charge in [-0.05, 0) is 56.2 Å². The van der Waals surface area contributed by atoms with Crippen molar-refractivity contribution in [2.45, 2.75) is 64.0 Å². The standard InChI is InChI=1S/C28H34N4O3/c1-3-35-23-15-13-22(14-16-23)31-18-20(17-26(31)33)28-29-24-11-7-8-12-25(24)32(28)19-27(34)30(2)21-9-5-4-6-10-21/h7-8,11-16,20-21H,3-6,9-10,17-19H2,1-2H3. The van der Waals surface area contributed by atoms with Crippen molar-refractivity contribution in [3.05, 3.63) is 54.4 Å². The predicted octanol–water partition coefficient (Wildman–Crippen LogP) is 4.75. The number of hydrogen-bond donors (Lipinski definition) is 0. The number of nitrogens with zero attached hydrogens (tertiary/aromatic N) is 4. The Balaban J connectivity index is 1.39. The van der Waals surface area contributed by atoms with Crippen LogP contribution in [-0.4, -0.2) is 52.5 Å². The van der Waals surface area contributed by atoms with Gasteiger partial charge >= 0.3 is 0 Å².